The molecule has 0 aliphatic carbocycles. The molecule has 1 aromatic heterocycles. The van der Waals surface area contributed by atoms with E-state index in [1.165, 1.54) is 11.1 Å². The molecule has 1 aromatic carbocycles. The number of aromatic nitrogens is 2. The summed E-state index contributed by atoms with van der Waals surface area (Å²) in [7, 11) is 1.92. The molecule has 2 aromatic rings. The highest BCUT2D eigenvalue weighted by atomic mass is 16.5. The lowest BCUT2D eigenvalue weighted by atomic mass is 10.0. The predicted octanol–water partition coefficient (Wildman–Crippen LogP) is 2.81. The number of ether oxygens (including phenoxy) is 1. The Kier molecular flexibility index (Phi) is 5.11. The van der Waals surface area contributed by atoms with E-state index < -0.39 is 0 Å². The zero-order valence-corrected chi connectivity index (χ0v) is 14.2. The van der Waals surface area contributed by atoms with E-state index in [1.807, 2.05) is 47.8 Å². The van der Waals surface area contributed by atoms with Gasteiger partial charge in [0.05, 0.1) is 0 Å². The summed E-state index contributed by atoms with van der Waals surface area (Å²) in [6.45, 7) is 3.38. The van der Waals surface area contributed by atoms with Crippen LogP contribution in [0.5, 0.6) is 0 Å². The van der Waals surface area contributed by atoms with E-state index in [0.717, 1.165) is 18.8 Å². The smallest absolute Gasteiger partial charge is 0.248 e. The molecule has 24 heavy (non-hydrogen) atoms. The maximum Gasteiger partial charge on any atom is 0.248 e. The minimum absolute atomic E-state index is 0.0255. The van der Waals surface area contributed by atoms with Crippen molar-refractivity contribution in [1.82, 2.24) is 14.5 Å². The summed E-state index contributed by atoms with van der Waals surface area (Å²) in [5.41, 5.74) is 2.38. The molecular weight excluding hydrogens is 302 g/mol. The molecule has 2 heterocycles. The number of benzene rings is 1. The van der Waals surface area contributed by atoms with Crippen molar-refractivity contribution in [1.29, 1.82) is 0 Å². The standard InChI is InChI=1S/C19H23N3O2/c1-15(19-20-10-12-21(19)2)24-14-18(23)22-11-6-9-17(13-22)16-7-4-3-5-8-16/h3-5,7-10,12,15H,6,11,13-14H2,1-2H3. The topological polar surface area (TPSA) is 47.4 Å². The number of carbonyl (C=O) groups excluding carboxylic acids is 1. The second kappa shape index (κ2) is 7.45. The lowest BCUT2D eigenvalue weighted by Gasteiger charge is -2.28. The largest absolute Gasteiger partial charge is 0.361 e. The fourth-order valence-corrected chi connectivity index (χ4v) is 2.95. The van der Waals surface area contributed by atoms with Crippen LogP contribution in [0.15, 0.2) is 48.8 Å². The van der Waals surface area contributed by atoms with Crippen LogP contribution in [0.2, 0.25) is 0 Å². The van der Waals surface area contributed by atoms with Crippen molar-refractivity contribution in [3.63, 3.8) is 0 Å². The number of hydrogen-bond donors (Lipinski definition) is 0. The summed E-state index contributed by atoms with van der Waals surface area (Å²) < 4.78 is 7.64. The molecular formula is C19H23N3O2. The van der Waals surface area contributed by atoms with Gasteiger partial charge in [0.25, 0.3) is 0 Å². The van der Waals surface area contributed by atoms with Gasteiger partial charge in [-0.2, -0.15) is 0 Å². The SMILES string of the molecule is CC(OCC(=O)N1CCC=C(c2ccccc2)C1)c1nccn1C. The summed E-state index contributed by atoms with van der Waals surface area (Å²) in [6, 6.07) is 10.2. The normalized spacial score (nSPS) is 15.9. The van der Waals surface area contributed by atoms with Gasteiger partial charge in [0, 0.05) is 32.5 Å². The first-order valence-corrected chi connectivity index (χ1v) is 8.26. The van der Waals surface area contributed by atoms with Crippen LogP contribution < -0.4 is 0 Å². The van der Waals surface area contributed by atoms with Crippen LogP contribution in [0.3, 0.4) is 0 Å². The van der Waals surface area contributed by atoms with Crippen molar-refractivity contribution in [3.05, 3.63) is 60.2 Å². The van der Waals surface area contributed by atoms with Crippen molar-refractivity contribution in [2.75, 3.05) is 19.7 Å². The minimum Gasteiger partial charge on any atom is -0.361 e. The summed E-state index contributed by atoms with van der Waals surface area (Å²) in [6.07, 6.45) is 6.50. The Hall–Kier alpha value is -2.40. The fourth-order valence-electron chi connectivity index (χ4n) is 2.95. The fraction of sp³-hybridized carbons (Fsp3) is 0.368. The molecule has 5 heteroatoms. The lowest BCUT2D eigenvalue weighted by molar-refractivity contribution is -0.137. The van der Waals surface area contributed by atoms with Gasteiger partial charge in [-0.3, -0.25) is 4.79 Å². The Labute approximate surface area is 142 Å². The highest BCUT2D eigenvalue weighted by Gasteiger charge is 2.20. The summed E-state index contributed by atoms with van der Waals surface area (Å²) in [5.74, 6) is 0.851. The third kappa shape index (κ3) is 3.74. The predicted molar refractivity (Wildman–Crippen MR) is 93.2 cm³/mol. The van der Waals surface area contributed by atoms with Gasteiger partial charge in [-0.25, -0.2) is 4.98 Å². The molecule has 0 spiro atoms. The van der Waals surface area contributed by atoms with Gasteiger partial charge < -0.3 is 14.2 Å². The highest BCUT2D eigenvalue weighted by molar-refractivity contribution is 5.81. The number of nitrogens with zero attached hydrogens (tertiary/aromatic N) is 3. The Bertz CT molecular complexity index is 721. The van der Waals surface area contributed by atoms with Gasteiger partial charge in [0.15, 0.2) is 0 Å². The number of hydrogen-bond acceptors (Lipinski definition) is 3. The number of amides is 1. The number of rotatable bonds is 5. The van der Waals surface area contributed by atoms with Crippen LogP contribution >= 0.6 is 0 Å². The maximum absolute atomic E-state index is 12.5. The van der Waals surface area contributed by atoms with Crippen molar-refractivity contribution < 1.29 is 9.53 Å². The quantitative estimate of drug-likeness (QED) is 0.849. The van der Waals surface area contributed by atoms with Crippen molar-refractivity contribution in [3.8, 4) is 0 Å². The molecule has 0 saturated heterocycles. The van der Waals surface area contributed by atoms with Crippen molar-refractivity contribution >= 4 is 11.5 Å². The lowest BCUT2D eigenvalue weighted by Crippen LogP contribution is -2.38. The van der Waals surface area contributed by atoms with Gasteiger partial charge >= 0.3 is 0 Å². The van der Waals surface area contributed by atoms with Crippen LogP contribution in [0.25, 0.3) is 5.57 Å². The molecule has 126 valence electrons. The Balaban J connectivity index is 1.56. The van der Waals surface area contributed by atoms with Gasteiger partial charge in [-0.15, -0.1) is 0 Å². The Morgan fingerprint density at radius 1 is 1.33 bits per heavy atom. The van der Waals surface area contributed by atoms with E-state index in [2.05, 4.69) is 23.2 Å². The molecule has 1 unspecified atom stereocenters. The van der Waals surface area contributed by atoms with Crippen LogP contribution in [0, 0.1) is 0 Å². The van der Waals surface area contributed by atoms with E-state index in [1.54, 1.807) is 6.20 Å². The molecule has 1 aliphatic rings. The first kappa shape index (κ1) is 16.5. The monoisotopic (exact) mass is 325 g/mol. The van der Waals surface area contributed by atoms with Crippen LogP contribution in [-0.4, -0.2) is 40.1 Å². The van der Waals surface area contributed by atoms with Gasteiger partial charge in [0.2, 0.25) is 5.91 Å². The molecule has 0 N–H and O–H groups in total. The number of imidazole rings is 1. The second-order valence-electron chi connectivity index (χ2n) is 6.05. The summed E-state index contributed by atoms with van der Waals surface area (Å²) >= 11 is 0. The molecule has 1 atom stereocenters. The average Bonchev–Trinajstić information content (AvgIpc) is 3.06. The van der Waals surface area contributed by atoms with Gasteiger partial charge in [-0.1, -0.05) is 36.4 Å². The molecule has 0 radical (unpaired) electrons. The minimum atomic E-state index is -0.206. The van der Waals surface area contributed by atoms with Crippen molar-refractivity contribution in [2.45, 2.75) is 19.4 Å². The molecule has 1 amide bonds. The van der Waals surface area contributed by atoms with Crippen molar-refractivity contribution in [2.24, 2.45) is 7.05 Å². The zero-order valence-electron chi connectivity index (χ0n) is 14.2. The van der Waals surface area contributed by atoms with E-state index in [0.29, 0.717) is 6.54 Å². The average molecular weight is 325 g/mol. The molecule has 0 fully saturated rings. The number of carbonyl (C=O) groups is 1. The van der Waals surface area contributed by atoms with Crippen LogP contribution in [0.1, 0.15) is 30.8 Å². The third-order valence-corrected chi connectivity index (χ3v) is 4.33. The third-order valence-electron chi connectivity index (χ3n) is 4.33. The molecule has 3 rings (SSSR count). The summed E-state index contributed by atoms with van der Waals surface area (Å²) in [4.78, 5) is 18.6. The molecule has 5 nitrogen and oxygen atoms in total. The first-order valence-electron chi connectivity index (χ1n) is 8.26. The van der Waals surface area contributed by atoms with E-state index in [4.69, 9.17) is 4.74 Å². The Morgan fingerprint density at radius 3 is 2.83 bits per heavy atom. The second-order valence-corrected chi connectivity index (χ2v) is 6.05. The first-order chi connectivity index (χ1) is 11.6. The molecule has 0 bridgehead atoms. The van der Waals surface area contributed by atoms with Crippen LogP contribution in [-0.2, 0) is 16.6 Å². The Morgan fingerprint density at radius 2 is 2.12 bits per heavy atom. The van der Waals surface area contributed by atoms with E-state index >= 15 is 0 Å². The van der Waals surface area contributed by atoms with E-state index in [9.17, 15) is 4.79 Å². The van der Waals surface area contributed by atoms with Gasteiger partial charge in [-0.05, 0) is 24.5 Å². The van der Waals surface area contributed by atoms with E-state index in [-0.39, 0.29) is 18.6 Å². The zero-order chi connectivity index (χ0) is 16.9. The molecule has 1 aliphatic heterocycles. The maximum atomic E-state index is 12.5. The summed E-state index contributed by atoms with van der Waals surface area (Å²) in [5, 5.41) is 0. The highest BCUT2D eigenvalue weighted by Crippen LogP contribution is 2.21. The van der Waals surface area contributed by atoms with Crippen LogP contribution in [0.4, 0.5) is 0 Å². The van der Waals surface area contributed by atoms with Gasteiger partial charge in [0.1, 0.15) is 18.5 Å². The molecule has 0 saturated carbocycles. The number of aryl methyl sites for hydroxylation is 1.